The minimum atomic E-state index is -0.129. The van der Waals surface area contributed by atoms with Crippen LogP contribution in [0, 0.1) is 0 Å². The monoisotopic (exact) mass is 259 g/mol. The summed E-state index contributed by atoms with van der Waals surface area (Å²) in [6.07, 6.45) is 8.09. The molecule has 104 valence electrons. The molecule has 1 aliphatic heterocycles. The van der Waals surface area contributed by atoms with Crippen molar-refractivity contribution in [2.75, 3.05) is 13.1 Å². The molecule has 1 aliphatic carbocycles. The Morgan fingerprint density at radius 2 is 1.74 bits per heavy atom. The Kier molecular flexibility index (Phi) is 3.90. The van der Waals surface area contributed by atoms with Crippen LogP contribution in [-0.2, 0) is 5.54 Å². The van der Waals surface area contributed by atoms with Gasteiger partial charge in [0.05, 0.1) is 6.10 Å². The molecule has 19 heavy (non-hydrogen) atoms. The summed E-state index contributed by atoms with van der Waals surface area (Å²) in [6, 6.07) is 10.9. The normalized spacial score (nSPS) is 33.2. The van der Waals surface area contributed by atoms with Crippen molar-refractivity contribution in [3.05, 3.63) is 35.9 Å². The molecule has 0 radical (unpaired) electrons. The molecule has 1 N–H and O–H groups in total. The zero-order valence-electron chi connectivity index (χ0n) is 11.7. The minimum absolute atomic E-state index is 0.0966. The van der Waals surface area contributed by atoms with Gasteiger partial charge in [0.1, 0.15) is 0 Å². The molecule has 1 aromatic carbocycles. The molecule has 3 rings (SSSR count). The zero-order chi connectivity index (χ0) is 13.1. The van der Waals surface area contributed by atoms with Crippen LogP contribution in [0.1, 0.15) is 50.5 Å². The van der Waals surface area contributed by atoms with Gasteiger partial charge < -0.3 is 5.11 Å². The Morgan fingerprint density at radius 3 is 2.42 bits per heavy atom. The molecule has 0 bridgehead atoms. The van der Waals surface area contributed by atoms with E-state index in [0.717, 1.165) is 19.3 Å². The van der Waals surface area contributed by atoms with Gasteiger partial charge in [-0.25, -0.2) is 0 Å². The molecule has 2 aliphatic rings. The van der Waals surface area contributed by atoms with E-state index in [1.807, 2.05) is 0 Å². The smallest absolute Gasteiger partial charge is 0.0561 e. The molecular formula is C17H25NO. The summed E-state index contributed by atoms with van der Waals surface area (Å²) in [5.41, 5.74) is 1.51. The quantitative estimate of drug-likeness (QED) is 0.881. The Hall–Kier alpha value is -0.860. The summed E-state index contributed by atoms with van der Waals surface area (Å²) >= 11 is 0. The molecule has 0 amide bonds. The molecule has 2 atom stereocenters. The average Bonchev–Trinajstić information content (AvgIpc) is 2.49. The molecule has 0 spiro atoms. The standard InChI is InChI=1S/C17H25NO/c19-16-10-7-11-17(14-16,15-8-3-1-4-9-15)18-12-5-2-6-13-18/h1,3-4,8-9,16,19H,2,5-7,10-14H2/t16-,17-/m0/s1. The predicted molar refractivity (Wildman–Crippen MR) is 78.0 cm³/mol. The maximum atomic E-state index is 10.2. The maximum Gasteiger partial charge on any atom is 0.0561 e. The number of hydrogen-bond acceptors (Lipinski definition) is 2. The van der Waals surface area contributed by atoms with E-state index in [-0.39, 0.29) is 11.6 Å². The molecular weight excluding hydrogens is 234 g/mol. The van der Waals surface area contributed by atoms with Crippen molar-refractivity contribution in [3.63, 3.8) is 0 Å². The average molecular weight is 259 g/mol. The van der Waals surface area contributed by atoms with Crippen LogP contribution in [-0.4, -0.2) is 29.2 Å². The summed E-state index contributed by atoms with van der Waals surface area (Å²) in [5.74, 6) is 0. The van der Waals surface area contributed by atoms with Gasteiger partial charge in [0.2, 0.25) is 0 Å². The third-order valence-electron chi connectivity index (χ3n) is 4.97. The van der Waals surface area contributed by atoms with Crippen molar-refractivity contribution in [2.45, 2.75) is 56.6 Å². The first-order valence-corrected chi connectivity index (χ1v) is 7.80. The molecule has 2 nitrogen and oxygen atoms in total. The van der Waals surface area contributed by atoms with Crippen LogP contribution < -0.4 is 0 Å². The molecule has 2 heteroatoms. The molecule has 0 aromatic heterocycles. The molecule has 1 saturated heterocycles. The lowest BCUT2D eigenvalue weighted by Gasteiger charge is -2.49. The topological polar surface area (TPSA) is 23.5 Å². The van der Waals surface area contributed by atoms with Crippen LogP contribution in [0.5, 0.6) is 0 Å². The number of aliphatic hydroxyl groups excluding tert-OH is 1. The molecule has 1 aromatic rings. The van der Waals surface area contributed by atoms with E-state index in [0.29, 0.717) is 0 Å². The van der Waals surface area contributed by atoms with Gasteiger partial charge >= 0.3 is 0 Å². The fraction of sp³-hybridized carbons (Fsp3) is 0.647. The van der Waals surface area contributed by atoms with Crippen molar-refractivity contribution >= 4 is 0 Å². The van der Waals surface area contributed by atoms with E-state index in [2.05, 4.69) is 35.2 Å². The fourth-order valence-electron chi connectivity index (χ4n) is 4.03. The van der Waals surface area contributed by atoms with Crippen LogP contribution in [0.4, 0.5) is 0 Å². The summed E-state index contributed by atoms with van der Waals surface area (Å²) in [6.45, 7) is 2.39. The third-order valence-corrected chi connectivity index (χ3v) is 4.97. The largest absolute Gasteiger partial charge is 0.393 e. The number of nitrogens with zero attached hydrogens (tertiary/aromatic N) is 1. The van der Waals surface area contributed by atoms with Gasteiger partial charge in [-0.2, -0.15) is 0 Å². The number of benzene rings is 1. The van der Waals surface area contributed by atoms with E-state index >= 15 is 0 Å². The lowest BCUT2D eigenvalue weighted by atomic mass is 9.73. The van der Waals surface area contributed by atoms with Crippen LogP contribution >= 0.6 is 0 Å². The summed E-state index contributed by atoms with van der Waals surface area (Å²) in [4.78, 5) is 2.66. The van der Waals surface area contributed by atoms with E-state index in [1.165, 1.54) is 44.3 Å². The fourth-order valence-corrected chi connectivity index (χ4v) is 4.03. The number of piperidine rings is 1. The second-order valence-corrected chi connectivity index (χ2v) is 6.20. The Labute approximate surface area is 116 Å². The first kappa shape index (κ1) is 13.1. The third kappa shape index (κ3) is 2.56. The maximum absolute atomic E-state index is 10.2. The van der Waals surface area contributed by atoms with Crippen LogP contribution in [0.3, 0.4) is 0 Å². The number of hydrogen-bond donors (Lipinski definition) is 1. The summed E-state index contributed by atoms with van der Waals surface area (Å²) in [5, 5.41) is 10.2. The van der Waals surface area contributed by atoms with Crippen LogP contribution in [0.15, 0.2) is 30.3 Å². The first-order valence-electron chi connectivity index (χ1n) is 7.80. The molecule has 1 heterocycles. The van der Waals surface area contributed by atoms with Crippen molar-refractivity contribution in [1.82, 2.24) is 4.90 Å². The lowest BCUT2D eigenvalue weighted by Crippen LogP contribution is -2.52. The van der Waals surface area contributed by atoms with Gasteiger partial charge in [-0.15, -0.1) is 0 Å². The summed E-state index contributed by atoms with van der Waals surface area (Å²) < 4.78 is 0. The molecule has 0 unspecified atom stereocenters. The lowest BCUT2D eigenvalue weighted by molar-refractivity contribution is -0.0209. The van der Waals surface area contributed by atoms with Crippen molar-refractivity contribution in [3.8, 4) is 0 Å². The van der Waals surface area contributed by atoms with E-state index < -0.39 is 0 Å². The van der Waals surface area contributed by atoms with Crippen molar-refractivity contribution in [1.29, 1.82) is 0 Å². The molecule has 1 saturated carbocycles. The number of aliphatic hydroxyl groups is 1. The van der Waals surface area contributed by atoms with Crippen molar-refractivity contribution < 1.29 is 5.11 Å². The van der Waals surface area contributed by atoms with Gasteiger partial charge in [-0.05, 0) is 57.2 Å². The first-order chi connectivity index (χ1) is 9.31. The highest BCUT2D eigenvalue weighted by Crippen LogP contribution is 2.43. The number of likely N-dealkylation sites (tertiary alicyclic amines) is 1. The van der Waals surface area contributed by atoms with Gasteiger partial charge in [-0.1, -0.05) is 36.8 Å². The number of rotatable bonds is 2. The minimum Gasteiger partial charge on any atom is -0.393 e. The SMILES string of the molecule is O[C@H]1CCC[C@](c2ccccc2)(N2CCCCC2)C1. The van der Waals surface area contributed by atoms with E-state index in [4.69, 9.17) is 0 Å². The van der Waals surface area contributed by atoms with Gasteiger partial charge in [-0.3, -0.25) is 4.90 Å². The van der Waals surface area contributed by atoms with Crippen molar-refractivity contribution in [2.24, 2.45) is 0 Å². The Balaban J connectivity index is 1.94. The van der Waals surface area contributed by atoms with Crippen LogP contribution in [0.2, 0.25) is 0 Å². The second-order valence-electron chi connectivity index (χ2n) is 6.20. The summed E-state index contributed by atoms with van der Waals surface area (Å²) in [7, 11) is 0. The Morgan fingerprint density at radius 1 is 1.00 bits per heavy atom. The van der Waals surface area contributed by atoms with Gasteiger partial charge in [0, 0.05) is 5.54 Å². The highest BCUT2D eigenvalue weighted by atomic mass is 16.3. The van der Waals surface area contributed by atoms with E-state index in [9.17, 15) is 5.11 Å². The highest BCUT2D eigenvalue weighted by Gasteiger charge is 2.42. The van der Waals surface area contributed by atoms with E-state index in [1.54, 1.807) is 0 Å². The van der Waals surface area contributed by atoms with Gasteiger partial charge in [0.25, 0.3) is 0 Å². The Bertz CT molecular complexity index is 399. The second kappa shape index (κ2) is 5.64. The van der Waals surface area contributed by atoms with Crippen LogP contribution in [0.25, 0.3) is 0 Å². The molecule has 2 fully saturated rings. The van der Waals surface area contributed by atoms with Gasteiger partial charge in [0.15, 0.2) is 0 Å². The zero-order valence-corrected chi connectivity index (χ0v) is 11.7. The predicted octanol–water partition coefficient (Wildman–Crippen LogP) is 3.30. The highest BCUT2D eigenvalue weighted by molar-refractivity contribution is 5.26.